The molecule has 0 radical (unpaired) electrons. The second kappa shape index (κ2) is 7.05. The third-order valence-electron chi connectivity index (χ3n) is 4.08. The van der Waals surface area contributed by atoms with E-state index >= 15 is 0 Å². The number of hydrogen-bond donors (Lipinski definition) is 1. The van der Waals surface area contributed by atoms with E-state index in [4.69, 9.17) is 4.74 Å². The Hall–Kier alpha value is -3.45. The molecular formula is C20H15N3O3S. The van der Waals surface area contributed by atoms with E-state index in [9.17, 15) is 9.59 Å². The minimum absolute atomic E-state index is 0.307. The molecule has 27 heavy (non-hydrogen) atoms. The van der Waals surface area contributed by atoms with Crippen molar-refractivity contribution in [2.24, 2.45) is 0 Å². The number of carbonyl (C=O) groups excluding carboxylic acids is 1. The molecule has 1 amide bonds. The first-order valence-electron chi connectivity index (χ1n) is 8.19. The normalized spacial score (nSPS) is 10.7. The molecule has 0 unspecified atom stereocenters. The highest BCUT2D eigenvalue weighted by atomic mass is 32.1. The summed E-state index contributed by atoms with van der Waals surface area (Å²) in [4.78, 5) is 30.8. The number of amides is 1. The highest BCUT2D eigenvalue weighted by Gasteiger charge is 2.18. The summed E-state index contributed by atoms with van der Waals surface area (Å²) in [5.74, 6) is 0.486. The first-order valence-corrected chi connectivity index (χ1v) is 9.07. The molecule has 0 aliphatic carbocycles. The van der Waals surface area contributed by atoms with E-state index < -0.39 is 0 Å². The Morgan fingerprint density at radius 1 is 1.07 bits per heavy atom. The molecule has 2 aromatic heterocycles. The highest BCUT2D eigenvalue weighted by Crippen LogP contribution is 2.28. The summed E-state index contributed by atoms with van der Waals surface area (Å²) >= 11 is 1.30. The van der Waals surface area contributed by atoms with Crippen LogP contribution in [0.15, 0.2) is 70.8 Å². The van der Waals surface area contributed by atoms with E-state index in [0.717, 1.165) is 0 Å². The van der Waals surface area contributed by atoms with Crippen molar-refractivity contribution in [2.75, 3.05) is 12.5 Å². The minimum atomic E-state index is -0.375. The summed E-state index contributed by atoms with van der Waals surface area (Å²) in [5, 5.41) is 2.22. The maximum absolute atomic E-state index is 13.1. The number of rotatable bonds is 4. The number of nitrogens with zero attached hydrogens (tertiary/aromatic N) is 2. The van der Waals surface area contributed by atoms with Crippen LogP contribution in [-0.4, -0.2) is 22.7 Å². The highest BCUT2D eigenvalue weighted by molar-refractivity contribution is 7.12. The van der Waals surface area contributed by atoms with Crippen molar-refractivity contribution in [2.45, 2.75) is 0 Å². The fourth-order valence-electron chi connectivity index (χ4n) is 2.81. The van der Waals surface area contributed by atoms with Gasteiger partial charge in [-0.25, -0.2) is 4.98 Å². The van der Waals surface area contributed by atoms with Gasteiger partial charge in [0.25, 0.3) is 11.5 Å². The van der Waals surface area contributed by atoms with Crippen LogP contribution < -0.4 is 15.7 Å². The fourth-order valence-corrected chi connectivity index (χ4v) is 3.42. The largest absolute Gasteiger partial charge is 0.496 e. The Morgan fingerprint density at radius 3 is 2.63 bits per heavy atom. The van der Waals surface area contributed by atoms with Crippen LogP contribution >= 0.6 is 11.3 Å². The average molecular weight is 377 g/mol. The number of hydrogen-bond acceptors (Lipinski definition) is 5. The predicted octanol–water partition coefficient (Wildman–Crippen LogP) is 3.52. The van der Waals surface area contributed by atoms with Gasteiger partial charge in [-0.05, 0) is 35.7 Å². The lowest BCUT2D eigenvalue weighted by Crippen LogP contribution is -2.35. The van der Waals surface area contributed by atoms with Crippen LogP contribution in [0.25, 0.3) is 22.3 Å². The molecule has 2 aromatic carbocycles. The van der Waals surface area contributed by atoms with Gasteiger partial charge in [0.1, 0.15) is 5.75 Å². The Balaban J connectivity index is 1.96. The molecule has 2 heterocycles. The number of benzene rings is 2. The van der Waals surface area contributed by atoms with Crippen LogP contribution in [0.5, 0.6) is 5.75 Å². The second-order valence-electron chi connectivity index (χ2n) is 5.71. The molecule has 0 aliphatic heterocycles. The van der Waals surface area contributed by atoms with E-state index in [1.807, 2.05) is 18.2 Å². The van der Waals surface area contributed by atoms with Gasteiger partial charge >= 0.3 is 0 Å². The number of fused-ring (bicyclic) bond motifs is 1. The van der Waals surface area contributed by atoms with Crippen LogP contribution in [0.1, 0.15) is 9.67 Å². The number of nitrogens with one attached hydrogen (secondary N) is 1. The van der Waals surface area contributed by atoms with Crippen molar-refractivity contribution in [1.29, 1.82) is 0 Å². The lowest BCUT2D eigenvalue weighted by atomic mass is 10.1. The van der Waals surface area contributed by atoms with Crippen LogP contribution in [0, 0.1) is 0 Å². The van der Waals surface area contributed by atoms with Crippen molar-refractivity contribution >= 4 is 28.1 Å². The van der Waals surface area contributed by atoms with E-state index in [0.29, 0.717) is 32.9 Å². The zero-order valence-electron chi connectivity index (χ0n) is 14.4. The maximum Gasteiger partial charge on any atom is 0.280 e. The van der Waals surface area contributed by atoms with Gasteiger partial charge in [-0.15, -0.1) is 11.3 Å². The quantitative estimate of drug-likeness (QED) is 0.591. The number of methoxy groups -OCH3 is 1. The topological polar surface area (TPSA) is 73.2 Å². The standard InChI is InChI=1S/C20H15N3O3S/c1-26-16-10-5-3-8-14(16)18-21-15-9-4-2-7-13(15)20(25)23(18)22-19(24)17-11-6-12-27-17/h2-12H,1H3,(H,22,24). The number of para-hydroxylation sites is 2. The van der Waals surface area contributed by atoms with Crippen LogP contribution in [0.2, 0.25) is 0 Å². The second-order valence-corrected chi connectivity index (χ2v) is 6.66. The van der Waals surface area contributed by atoms with Crippen molar-refractivity contribution < 1.29 is 9.53 Å². The Kier molecular flexibility index (Phi) is 4.43. The van der Waals surface area contributed by atoms with Crippen molar-refractivity contribution in [3.8, 4) is 17.1 Å². The summed E-state index contributed by atoms with van der Waals surface area (Å²) in [6.45, 7) is 0. The Morgan fingerprint density at radius 2 is 1.85 bits per heavy atom. The molecule has 0 fully saturated rings. The maximum atomic E-state index is 13.1. The first kappa shape index (κ1) is 17.0. The van der Waals surface area contributed by atoms with Gasteiger partial charge in [0, 0.05) is 0 Å². The third kappa shape index (κ3) is 3.09. The molecule has 1 N–H and O–H groups in total. The smallest absolute Gasteiger partial charge is 0.280 e. The van der Waals surface area contributed by atoms with Gasteiger partial charge in [0.15, 0.2) is 5.82 Å². The molecule has 7 heteroatoms. The van der Waals surface area contributed by atoms with Gasteiger partial charge in [0.2, 0.25) is 0 Å². The molecule has 0 atom stereocenters. The number of ether oxygens (including phenoxy) is 1. The van der Waals surface area contributed by atoms with Gasteiger partial charge < -0.3 is 4.74 Å². The number of thiophene rings is 1. The van der Waals surface area contributed by atoms with Crippen molar-refractivity contribution in [3.05, 3.63) is 81.3 Å². The molecule has 0 saturated carbocycles. The summed E-state index contributed by atoms with van der Waals surface area (Å²) in [6.07, 6.45) is 0. The fraction of sp³-hybridized carbons (Fsp3) is 0.0500. The van der Waals surface area contributed by atoms with E-state index in [1.54, 1.807) is 55.0 Å². The lowest BCUT2D eigenvalue weighted by Gasteiger charge is -2.16. The van der Waals surface area contributed by atoms with Crippen LogP contribution in [-0.2, 0) is 0 Å². The zero-order chi connectivity index (χ0) is 18.8. The summed E-state index contributed by atoms with van der Waals surface area (Å²) < 4.78 is 6.60. The van der Waals surface area contributed by atoms with E-state index in [1.165, 1.54) is 16.0 Å². The van der Waals surface area contributed by atoms with Crippen LogP contribution in [0.4, 0.5) is 0 Å². The third-order valence-corrected chi connectivity index (χ3v) is 4.95. The summed E-state index contributed by atoms with van der Waals surface area (Å²) in [6, 6.07) is 17.7. The summed E-state index contributed by atoms with van der Waals surface area (Å²) in [7, 11) is 1.55. The van der Waals surface area contributed by atoms with Gasteiger partial charge in [0.05, 0.1) is 28.5 Å². The molecular weight excluding hydrogens is 362 g/mol. The molecule has 0 spiro atoms. The van der Waals surface area contributed by atoms with E-state index in [-0.39, 0.29) is 11.5 Å². The van der Waals surface area contributed by atoms with Crippen molar-refractivity contribution in [3.63, 3.8) is 0 Å². The van der Waals surface area contributed by atoms with Gasteiger partial charge in [-0.1, -0.05) is 30.3 Å². The molecule has 4 aromatic rings. The zero-order valence-corrected chi connectivity index (χ0v) is 15.2. The molecule has 0 bridgehead atoms. The molecule has 0 aliphatic rings. The molecule has 134 valence electrons. The predicted molar refractivity (Wildman–Crippen MR) is 106 cm³/mol. The Bertz CT molecular complexity index is 1180. The lowest BCUT2D eigenvalue weighted by molar-refractivity contribution is 0.101. The average Bonchev–Trinajstić information content (AvgIpc) is 3.25. The molecule has 0 saturated heterocycles. The Labute approximate surface area is 158 Å². The van der Waals surface area contributed by atoms with Gasteiger partial charge in [-0.2, -0.15) is 4.68 Å². The van der Waals surface area contributed by atoms with Gasteiger partial charge in [-0.3, -0.25) is 15.0 Å². The van der Waals surface area contributed by atoms with E-state index in [2.05, 4.69) is 10.4 Å². The summed E-state index contributed by atoms with van der Waals surface area (Å²) in [5.41, 5.74) is 3.48. The minimum Gasteiger partial charge on any atom is -0.496 e. The monoisotopic (exact) mass is 377 g/mol. The molecule has 4 rings (SSSR count). The first-order chi connectivity index (χ1) is 13.2. The molecule has 6 nitrogen and oxygen atoms in total. The van der Waals surface area contributed by atoms with Crippen molar-refractivity contribution in [1.82, 2.24) is 9.66 Å². The number of carbonyl (C=O) groups is 1. The SMILES string of the molecule is COc1ccccc1-c1nc2ccccc2c(=O)n1NC(=O)c1cccs1. The van der Waals surface area contributed by atoms with Crippen LogP contribution in [0.3, 0.4) is 0 Å². The number of aromatic nitrogens is 2.